The number of hydrogen-bond donors (Lipinski definition) is 2. The number of aromatic nitrogens is 2. The van der Waals surface area contributed by atoms with Crippen LogP contribution in [-0.2, 0) is 19.4 Å². The van der Waals surface area contributed by atoms with E-state index in [9.17, 15) is 0 Å². The highest BCUT2D eigenvalue weighted by molar-refractivity contribution is 5.63. The third-order valence-corrected chi connectivity index (χ3v) is 3.37. The number of fused-ring (bicyclic) bond motifs is 1. The molecule has 3 rings (SSSR count). The minimum atomic E-state index is 0.524. The molecule has 0 aliphatic heterocycles. The van der Waals surface area contributed by atoms with Crippen LogP contribution in [0.2, 0.25) is 0 Å². The van der Waals surface area contributed by atoms with Crippen LogP contribution < -0.4 is 11.1 Å². The van der Waals surface area contributed by atoms with Crippen molar-refractivity contribution in [2.75, 3.05) is 5.32 Å². The maximum Gasteiger partial charge on any atom is 0.137 e. The predicted molar refractivity (Wildman–Crippen MR) is 71.7 cm³/mol. The van der Waals surface area contributed by atoms with E-state index in [4.69, 9.17) is 5.73 Å². The van der Waals surface area contributed by atoms with Gasteiger partial charge in [0.05, 0.1) is 0 Å². The predicted octanol–water partition coefficient (Wildman–Crippen LogP) is 2.17. The molecule has 0 spiro atoms. The van der Waals surface area contributed by atoms with Crippen molar-refractivity contribution in [3.8, 4) is 0 Å². The van der Waals surface area contributed by atoms with E-state index in [-0.39, 0.29) is 0 Å². The molecule has 1 aromatic carbocycles. The molecule has 0 saturated carbocycles. The van der Waals surface area contributed by atoms with Gasteiger partial charge in [0, 0.05) is 23.5 Å². The topological polar surface area (TPSA) is 63.8 Å². The summed E-state index contributed by atoms with van der Waals surface area (Å²) in [6, 6.07) is 8.07. The number of nitrogens with zero attached hydrogens (tertiary/aromatic N) is 2. The lowest BCUT2D eigenvalue weighted by atomic mass is 10.1. The highest BCUT2D eigenvalue weighted by Gasteiger charge is 2.17. The van der Waals surface area contributed by atoms with Crippen LogP contribution in [0.25, 0.3) is 0 Å². The van der Waals surface area contributed by atoms with Crippen LogP contribution in [0.15, 0.2) is 30.6 Å². The number of anilines is 2. The second-order valence-corrected chi connectivity index (χ2v) is 4.49. The van der Waals surface area contributed by atoms with Crippen molar-refractivity contribution in [3.63, 3.8) is 0 Å². The summed E-state index contributed by atoms with van der Waals surface area (Å²) in [5.74, 6) is 0.929. The monoisotopic (exact) mass is 240 g/mol. The van der Waals surface area contributed by atoms with Gasteiger partial charge in [0.15, 0.2) is 0 Å². The molecule has 1 aromatic heterocycles. The first-order valence-electron chi connectivity index (χ1n) is 6.26. The van der Waals surface area contributed by atoms with E-state index in [2.05, 4.69) is 15.3 Å². The number of nitrogens with one attached hydrogen (secondary N) is 1. The standard InChI is InChI=1S/C14H16N4/c15-8-10-4-1-2-6-12(10)18-14-11-5-3-7-13(11)16-9-17-14/h1-2,4,6,9H,3,5,7-8,15H2,(H,16,17,18). The Morgan fingerprint density at radius 2 is 2.06 bits per heavy atom. The first kappa shape index (κ1) is 11.2. The molecule has 92 valence electrons. The van der Waals surface area contributed by atoms with Gasteiger partial charge in [0.2, 0.25) is 0 Å². The number of para-hydroxylation sites is 1. The summed E-state index contributed by atoms with van der Waals surface area (Å²) in [7, 11) is 0. The van der Waals surface area contributed by atoms with Crippen LogP contribution in [0.1, 0.15) is 23.2 Å². The van der Waals surface area contributed by atoms with Crippen LogP contribution in [0.4, 0.5) is 11.5 Å². The van der Waals surface area contributed by atoms with Gasteiger partial charge in [0.25, 0.3) is 0 Å². The molecule has 0 saturated heterocycles. The average molecular weight is 240 g/mol. The second-order valence-electron chi connectivity index (χ2n) is 4.49. The van der Waals surface area contributed by atoms with Gasteiger partial charge in [-0.2, -0.15) is 0 Å². The van der Waals surface area contributed by atoms with E-state index in [0.717, 1.165) is 29.9 Å². The fraction of sp³-hybridized carbons (Fsp3) is 0.286. The first-order chi connectivity index (χ1) is 8.88. The van der Waals surface area contributed by atoms with E-state index in [1.54, 1.807) is 6.33 Å². The SMILES string of the molecule is NCc1ccccc1Nc1ncnc2c1CCC2. The molecule has 3 N–H and O–H groups in total. The third kappa shape index (κ3) is 1.95. The molecule has 0 unspecified atom stereocenters. The van der Waals surface area contributed by atoms with E-state index in [1.165, 1.54) is 17.7 Å². The summed E-state index contributed by atoms with van der Waals surface area (Å²) >= 11 is 0. The Hall–Kier alpha value is -1.94. The third-order valence-electron chi connectivity index (χ3n) is 3.37. The van der Waals surface area contributed by atoms with Crippen LogP contribution in [-0.4, -0.2) is 9.97 Å². The Labute approximate surface area is 106 Å². The minimum Gasteiger partial charge on any atom is -0.340 e. The fourth-order valence-electron chi connectivity index (χ4n) is 2.42. The van der Waals surface area contributed by atoms with Crippen LogP contribution in [0, 0.1) is 0 Å². The molecule has 4 heteroatoms. The largest absolute Gasteiger partial charge is 0.340 e. The molecule has 0 fully saturated rings. The molecular weight excluding hydrogens is 224 g/mol. The first-order valence-corrected chi connectivity index (χ1v) is 6.26. The van der Waals surface area contributed by atoms with Crippen molar-refractivity contribution in [1.82, 2.24) is 9.97 Å². The summed E-state index contributed by atoms with van der Waals surface area (Å²) in [4.78, 5) is 8.69. The Bertz CT molecular complexity index is 565. The van der Waals surface area contributed by atoms with Crippen molar-refractivity contribution < 1.29 is 0 Å². The summed E-state index contributed by atoms with van der Waals surface area (Å²) in [5.41, 5.74) is 10.3. The number of rotatable bonds is 3. The van der Waals surface area contributed by atoms with Crippen LogP contribution >= 0.6 is 0 Å². The molecule has 1 aliphatic carbocycles. The minimum absolute atomic E-state index is 0.524. The van der Waals surface area contributed by atoms with Crippen LogP contribution in [0.3, 0.4) is 0 Å². The lowest BCUT2D eigenvalue weighted by Crippen LogP contribution is -2.05. The quantitative estimate of drug-likeness (QED) is 0.863. The van der Waals surface area contributed by atoms with Gasteiger partial charge in [-0.15, -0.1) is 0 Å². The van der Waals surface area contributed by atoms with Gasteiger partial charge in [-0.05, 0) is 30.9 Å². The van der Waals surface area contributed by atoms with Gasteiger partial charge in [-0.3, -0.25) is 0 Å². The molecule has 1 aliphatic rings. The van der Waals surface area contributed by atoms with Gasteiger partial charge >= 0.3 is 0 Å². The Morgan fingerprint density at radius 3 is 2.94 bits per heavy atom. The molecule has 4 nitrogen and oxygen atoms in total. The zero-order valence-electron chi connectivity index (χ0n) is 10.2. The smallest absolute Gasteiger partial charge is 0.137 e. The number of hydrogen-bond acceptors (Lipinski definition) is 4. The van der Waals surface area contributed by atoms with Gasteiger partial charge in [-0.1, -0.05) is 18.2 Å². The maximum absolute atomic E-state index is 5.74. The number of benzene rings is 1. The molecule has 0 atom stereocenters. The van der Waals surface area contributed by atoms with Gasteiger partial charge < -0.3 is 11.1 Å². The molecule has 0 bridgehead atoms. The second kappa shape index (κ2) is 4.74. The van der Waals surface area contributed by atoms with Crippen molar-refractivity contribution >= 4 is 11.5 Å². The van der Waals surface area contributed by atoms with Crippen molar-refractivity contribution in [3.05, 3.63) is 47.4 Å². The number of aryl methyl sites for hydroxylation is 1. The normalized spacial score (nSPS) is 13.4. The Morgan fingerprint density at radius 1 is 1.17 bits per heavy atom. The molecule has 0 radical (unpaired) electrons. The molecule has 18 heavy (non-hydrogen) atoms. The summed E-state index contributed by atoms with van der Waals surface area (Å²) in [6.45, 7) is 0.524. The zero-order valence-corrected chi connectivity index (χ0v) is 10.2. The highest BCUT2D eigenvalue weighted by atomic mass is 15.0. The van der Waals surface area contributed by atoms with Gasteiger partial charge in [-0.25, -0.2) is 9.97 Å². The lowest BCUT2D eigenvalue weighted by molar-refractivity contribution is 0.899. The van der Waals surface area contributed by atoms with Crippen molar-refractivity contribution in [2.24, 2.45) is 5.73 Å². The fourth-order valence-corrected chi connectivity index (χ4v) is 2.42. The lowest BCUT2D eigenvalue weighted by Gasteiger charge is -2.12. The van der Waals surface area contributed by atoms with Crippen LogP contribution in [0.5, 0.6) is 0 Å². The highest BCUT2D eigenvalue weighted by Crippen LogP contribution is 2.28. The van der Waals surface area contributed by atoms with Crippen molar-refractivity contribution in [2.45, 2.75) is 25.8 Å². The van der Waals surface area contributed by atoms with E-state index < -0.39 is 0 Å². The molecule has 2 aromatic rings. The summed E-state index contributed by atoms with van der Waals surface area (Å²) < 4.78 is 0. The molecule has 1 heterocycles. The zero-order chi connectivity index (χ0) is 12.4. The summed E-state index contributed by atoms with van der Waals surface area (Å²) in [5, 5.41) is 3.39. The maximum atomic E-state index is 5.74. The number of nitrogens with two attached hydrogens (primary N) is 1. The Balaban J connectivity index is 1.95. The molecular formula is C14H16N4. The van der Waals surface area contributed by atoms with Gasteiger partial charge in [0.1, 0.15) is 12.1 Å². The van der Waals surface area contributed by atoms with E-state index in [0.29, 0.717) is 6.54 Å². The Kier molecular flexibility index (Phi) is 2.94. The summed E-state index contributed by atoms with van der Waals surface area (Å²) in [6.07, 6.45) is 4.92. The average Bonchev–Trinajstić information content (AvgIpc) is 2.89. The molecule has 0 amide bonds. The van der Waals surface area contributed by atoms with Crippen molar-refractivity contribution in [1.29, 1.82) is 0 Å². The van der Waals surface area contributed by atoms with E-state index in [1.807, 2.05) is 24.3 Å². The van der Waals surface area contributed by atoms with E-state index >= 15 is 0 Å².